The molecule has 13 heavy (non-hydrogen) atoms. The number of allylic oxidation sites excluding steroid dienone is 2. The highest BCUT2D eigenvalue weighted by molar-refractivity contribution is 5.66. The molecule has 1 aliphatic rings. The first kappa shape index (κ1) is 10.3. The Morgan fingerprint density at radius 3 is 3.00 bits per heavy atom. The Kier molecular flexibility index (Phi) is 4.00. The van der Waals surface area contributed by atoms with Gasteiger partial charge in [0, 0.05) is 6.92 Å². The number of ether oxygens (including phenoxy) is 1. The molecular weight excluding hydrogens is 164 g/mol. The van der Waals surface area contributed by atoms with Gasteiger partial charge in [0.05, 0.1) is 0 Å². The fourth-order valence-corrected chi connectivity index (χ4v) is 1.72. The second kappa shape index (κ2) is 5.05. The van der Waals surface area contributed by atoms with Gasteiger partial charge < -0.3 is 4.74 Å². The zero-order valence-electron chi connectivity index (χ0n) is 8.51. The Labute approximate surface area is 80.0 Å². The van der Waals surface area contributed by atoms with Gasteiger partial charge in [-0.15, -0.1) is 0 Å². The molecule has 0 saturated heterocycles. The van der Waals surface area contributed by atoms with Gasteiger partial charge in [-0.25, -0.2) is 0 Å². The largest absolute Gasteiger partial charge is 0.463 e. The van der Waals surface area contributed by atoms with Crippen molar-refractivity contribution in [2.75, 3.05) is 0 Å². The van der Waals surface area contributed by atoms with E-state index < -0.39 is 0 Å². The zero-order valence-corrected chi connectivity index (χ0v) is 8.51. The van der Waals surface area contributed by atoms with Crippen molar-refractivity contribution in [2.45, 2.75) is 52.1 Å². The number of rotatable bonds is 1. The van der Waals surface area contributed by atoms with E-state index in [1.165, 1.54) is 12.5 Å². The smallest absolute Gasteiger partial charge is 0.302 e. The van der Waals surface area contributed by atoms with Crippen LogP contribution in [0.1, 0.15) is 46.0 Å². The van der Waals surface area contributed by atoms with E-state index in [4.69, 9.17) is 4.74 Å². The average molecular weight is 182 g/mol. The standard InChI is InChI=1S/C11H18O2/c1-9-5-3-7-11(8-4-6-9)13-10(2)12/h5,11H,3-4,6-8H2,1-2H3/b9-5-. The fourth-order valence-electron chi connectivity index (χ4n) is 1.72. The summed E-state index contributed by atoms with van der Waals surface area (Å²) in [5.74, 6) is -0.147. The Morgan fingerprint density at radius 1 is 1.54 bits per heavy atom. The first-order valence-electron chi connectivity index (χ1n) is 5.01. The van der Waals surface area contributed by atoms with E-state index in [0.717, 1.165) is 32.1 Å². The van der Waals surface area contributed by atoms with Crippen LogP contribution < -0.4 is 0 Å². The molecule has 2 heteroatoms. The molecule has 0 spiro atoms. The van der Waals surface area contributed by atoms with Gasteiger partial charge in [0.25, 0.3) is 0 Å². The highest BCUT2D eigenvalue weighted by Gasteiger charge is 2.12. The minimum atomic E-state index is -0.147. The summed E-state index contributed by atoms with van der Waals surface area (Å²) in [6, 6.07) is 0. The van der Waals surface area contributed by atoms with Crippen LogP contribution in [0.2, 0.25) is 0 Å². The molecule has 1 atom stereocenters. The molecule has 0 aromatic rings. The number of carbonyl (C=O) groups is 1. The van der Waals surface area contributed by atoms with Gasteiger partial charge >= 0.3 is 5.97 Å². The summed E-state index contributed by atoms with van der Waals surface area (Å²) in [4.78, 5) is 10.7. The van der Waals surface area contributed by atoms with E-state index in [-0.39, 0.29) is 12.1 Å². The molecule has 0 radical (unpaired) electrons. The molecule has 0 N–H and O–H groups in total. The SMILES string of the molecule is CC(=O)OC1CC/C=C(/C)CCC1. The molecule has 1 rings (SSSR count). The number of hydrogen-bond donors (Lipinski definition) is 0. The Bertz CT molecular complexity index is 206. The summed E-state index contributed by atoms with van der Waals surface area (Å²) >= 11 is 0. The Morgan fingerprint density at radius 2 is 2.31 bits per heavy atom. The van der Waals surface area contributed by atoms with Crippen LogP contribution in [-0.4, -0.2) is 12.1 Å². The van der Waals surface area contributed by atoms with E-state index in [1.807, 2.05) is 0 Å². The second-order valence-electron chi connectivity index (χ2n) is 3.75. The van der Waals surface area contributed by atoms with Crippen molar-refractivity contribution in [1.29, 1.82) is 0 Å². The van der Waals surface area contributed by atoms with Crippen LogP contribution in [0.15, 0.2) is 11.6 Å². The van der Waals surface area contributed by atoms with Crippen molar-refractivity contribution < 1.29 is 9.53 Å². The molecule has 0 aromatic carbocycles. The lowest BCUT2D eigenvalue weighted by molar-refractivity contribution is -0.147. The summed E-state index contributed by atoms with van der Waals surface area (Å²) in [6.45, 7) is 3.66. The van der Waals surface area contributed by atoms with Crippen molar-refractivity contribution in [3.63, 3.8) is 0 Å². The monoisotopic (exact) mass is 182 g/mol. The molecule has 2 nitrogen and oxygen atoms in total. The normalized spacial score (nSPS) is 28.2. The van der Waals surface area contributed by atoms with E-state index in [0.29, 0.717) is 0 Å². The Hall–Kier alpha value is -0.790. The molecule has 74 valence electrons. The molecule has 0 aromatic heterocycles. The maximum absolute atomic E-state index is 10.7. The molecular formula is C11H18O2. The molecule has 0 bridgehead atoms. The van der Waals surface area contributed by atoms with Gasteiger partial charge in [-0.2, -0.15) is 0 Å². The van der Waals surface area contributed by atoms with Crippen LogP contribution in [-0.2, 0) is 9.53 Å². The molecule has 0 fully saturated rings. The van der Waals surface area contributed by atoms with Gasteiger partial charge in [0.1, 0.15) is 6.10 Å². The second-order valence-corrected chi connectivity index (χ2v) is 3.75. The van der Waals surface area contributed by atoms with Gasteiger partial charge in [0.15, 0.2) is 0 Å². The maximum Gasteiger partial charge on any atom is 0.302 e. The van der Waals surface area contributed by atoms with Crippen LogP contribution in [0.25, 0.3) is 0 Å². The van der Waals surface area contributed by atoms with Gasteiger partial charge in [-0.05, 0) is 39.0 Å². The minimum absolute atomic E-state index is 0.147. The molecule has 0 saturated carbocycles. The number of hydrogen-bond acceptors (Lipinski definition) is 2. The van der Waals surface area contributed by atoms with E-state index in [9.17, 15) is 4.79 Å². The molecule has 1 aliphatic carbocycles. The lowest BCUT2D eigenvalue weighted by Crippen LogP contribution is -2.16. The third kappa shape index (κ3) is 4.11. The predicted octanol–water partition coefficient (Wildman–Crippen LogP) is 2.83. The zero-order chi connectivity index (χ0) is 9.68. The van der Waals surface area contributed by atoms with Crippen LogP contribution in [0.3, 0.4) is 0 Å². The topological polar surface area (TPSA) is 26.3 Å². The first-order valence-corrected chi connectivity index (χ1v) is 5.01. The van der Waals surface area contributed by atoms with Crippen molar-refractivity contribution >= 4 is 5.97 Å². The van der Waals surface area contributed by atoms with E-state index in [1.54, 1.807) is 0 Å². The average Bonchev–Trinajstić information content (AvgIpc) is 1.99. The highest BCUT2D eigenvalue weighted by atomic mass is 16.5. The van der Waals surface area contributed by atoms with E-state index >= 15 is 0 Å². The van der Waals surface area contributed by atoms with Crippen molar-refractivity contribution in [3.05, 3.63) is 11.6 Å². The maximum atomic E-state index is 10.7. The summed E-state index contributed by atoms with van der Waals surface area (Å²) in [7, 11) is 0. The van der Waals surface area contributed by atoms with Crippen LogP contribution >= 0.6 is 0 Å². The first-order chi connectivity index (χ1) is 6.18. The third-order valence-corrected chi connectivity index (χ3v) is 2.41. The molecule has 1 unspecified atom stereocenters. The fraction of sp³-hybridized carbons (Fsp3) is 0.727. The lowest BCUT2D eigenvalue weighted by Gasteiger charge is -2.18. The van der Waals surface area contributed by atoms with Crippen LogP contribution in [0.5, 0.6) is 0 Å². The third-order valence-electron chi connectivity index (χ3n) is 2.41. The highest BCUT2D eigenvalue weighted by Crippen LogP contribution is 2.19. The van der Waals surface area contributed by atoms with Crippen molar-refractivity contribution in [3.8, 4) is 0 Å². The number of esters is 1. The summed E-state index contributed by atoms with van der Waals surface area (Å²) < 4.78 is 5.19. The minimum Gasteiger partial charge on any atom is -0.463 e. The lowest BCUT2D eigenvalue weighted by atomic mass is 9.99. The molecule has 0 heterocycles. The molecule has 0 amide bonds. The molecule has 0 aliphatic heterocycles. The van der Waals surface area contributed by atoms with E-state index in [2.05, 4.69) is 13.0 Å². The summed E-state index contributed by atoms with van der Waals surface area (Å²) in [5, 5.41) is 0. The summed E-state index contributed by atoms with van der Waals surface area (Å²) in [5.41, 5.74) is 1.47. The van der Waals surface area contributed by atoms with Crippen LogP contribution in [0.4, 0.5) is 0 Å². The van der Waals surface area contributed by atoms with Crippen molar-refractivity contribution in [1.82, 2.24) is 0 Å². The van der Waals surface area contributed by atoms with Gasteiger partial charge in [0.2, 0.25) is 0 Å². The number of carbonyl (C=O) groups excluding carboxylic acids is 1. The predicted molar refractivity (Wildman–Crippen MR) is 52.4 cm³/mol. The summed E-state index contributed by atoms with van der Waals surface area (Å²) in [6.07, 6.45) is 7.75. The Balaban J connectivity index is 2.38. The van der Waals surface area contributed by atoms with Crippen molar-refractivity contribution in [2.24, 2.45) is 0 Å². The van der Waals surface area contributed by atoms with Crippen LogP contribution in [0, 0.1) is 0 Å². The van der Waals surface area contributed by atoms with Gasteiger partial charge in [-0.1, -0.05) is 11.6 Å². The quantitative estimate of drug-likeness (QED) is 0.460. The van der Waals surface area contributed by atoms with Gasteiger partial charge in [-0.3, -0.25) is 4.79 Å².